The third-order valence-corrected chi connectivity index (χ3v) is 4.01. The zero-order valence-corrected chi connectivity index (χ0v) is 11.5. The highest BCUT2D eigenvalue weighted by Gasteiger charge is 2.35. The quantitative estimate of drug-likeness (QED) is 0.810. The van der Waals surface area contributed by atoms with E-state index in [9.17, 15) is 4.79 Å². The molecule has 0 aliphatic carbocycles. The van der Waals surface area contributed by atoms with Crippen molar-refractivity contribution in [2.75, 3.05) is 20.2 Å². The Bertz CT molecular complexity index is 270. The summed E-state index contributed by atoms with van der Waals surface area (Å²) in [5, 5.41) is 0. The third-order valence-electron chi connectivity index (χ3n) is 4.01. The Balaban J connectivity index is 2.63. The van der Waals surface area contributed by atoms with E-state index >= 15 is 0 Å². The lowest BCUT2D eigenvalue weighted by atomic mass is 9.92. The van der Waals surface area contributed by atoms with E-state index in [2.05, 4.69) is 13.8 Å². The molecule has 0 radical (unpaired) electrons. The summed E-state index contributed by atoms with van der Waals surface area (Å²) in [6.07, 6.45) is 2.93. The Morgan fingerprint density at radius 3 is 2.76 bits per heavy atom. The fourth-order valence-electron chi connectivity index (χ4n) is 2.27. The summed E-state index contributed by atoms with van der Waals surface area (Å²) in [6.45, 7) is 7.62. The van der Waals surface area contributed by atoms with Gasteiger partial charge in [-0.3, -0.25) is 4.79 Å². The van der Waals surface area contributed by atoms with Gasteiger partial charge in [-0.25, -0.2) is 0 Å². The van der Waals surface area contributed by atoms with Crippen LogP contribution in [-0.2, 0) is 9.53 Å². The molecule has 1 saturated heterocycles. The molecule has 0 saturated carbocycles. The normalized spacial score (nSPS) is 28.9. The van der Waals surface area contributed by atoms with E-state index in [0.29, 0.717) is 6.54 Å². The molecule has 1 aliphatic heterocycles. The number of nitrogens with two attached hydrogens (primary N) is 1. The van der Waals surface area contributed by atoms with Gasteiger partial charge in [0.1, 0.15) is 0 Å². The highest BCUT2D eigenvalue weighted by Crippen LogP contribution is 2.24. The van der Waals surface area contributed by atoms with Crippen LogP contribution in [0.25, 0.3) is 0 Å². The van der Waals surface area contributed by atoms with Crippen LogP contribution >= 0.6 is 0 Å². The van der Waals surface area contributed by atoms with Crippen molar-refractivity contribution in [2.45, 2.75) is 51.7 Å². The maximum atomic E-state index is 12.2. The molecule has 0 aromatic heterocycles. The molecule has 2 N–H and O–H groups in total. The van der Waals surface area contributed by atoms with Crippen molar-refractivity contribution in [2.24, 2.45) is 11.7 Å². The molecule has 3 atom stereocenters. The van der Waals surface area contributed by atoms with Gasteiger partial charge in [0, 0.05) is 20.2 Å². The van der Waals surface area contributed by atoms with Gasteiger partial charge in [-0.1, -0.05) is 20.3 Å². The molecule has 1 amide bonds. The van der Waals surface area contributed by atoms with Crippen LogP contribution in [0, 0.1) is 5.92 Å². The fourth-order valence-corrected chi connectivity index (χ4v) is 2.27. The molecule has 100 valence electrons. The molecule has 4 heteroatoms. The van der Waals surface area contributed by atoms with Gasteiger partial charge in [0.15, 0.2) is 0 Å². The van der Waals surface area contributed by atoms with E-state index in [0.717, 1.165) is 25.8 Å². The van der Waals surface area contributed by atoms with E-state index in [4.69, 9.17) is 10.5 Å². The summed E-state index contributed by atoms with van der Waals surface area (Å²) in [7, 11) is 1.71. The molecular weight excluding hydrogens is 216 g/mol. The lowest BCUT2D eigenvalue weighted by Crippen LogP contribution is -2.55. The average Bonchev–Trinajstić information content (AvgIpc) is 2.36. The van der Waals surface area contributed by atoms with Gasteiger partial charge in [-0.2, -0.15) is 0 Å². The summed E-state index contributed by atoms with van der Waals surface area (Å²) in [4.78, 5) is 14.1. The number of ether oxygens (including phenoxy) is 1. The van der Waals surface area contributed by atoms with Crippen molar-refractivity contribution in [3.05, 3.63) is 0 Å². The maximum Gasteiger partial charge on any atom is 0.239 e. The minimum atomic E-state index is -0.376. The van der Waals surface area contributed by atoms with Gasteiger partial charge >= 0.3 is 0 Å². The number of rotatable bonds is 4. The first-order valence-electron chi connectivity index (χ1n) is 6.53. The van der Waals surface area contributed by atoms with E-state index in [-0.39, 0.29) is 23.5 Å². The Labute approximate surface area is 104 Å². The lowest BCUT2D eigenvalue weighted by molar-refractivity contribution is -0.141. The van der Waals surface area contributed by atoms with Gasteiger partial charge in [-0.05, 0) is 25.7 Å². The van der Waals surface area contributed by atoms with Gasteiger partial charge in [0.25, 0.3) is 0 Å². The predicted molar refractivity (Wildman–Crippen MR) is 68.7 cm³/mol. The first kappa shape index (κ1) is 14.5. The highest BCUT2D eigenvalue weighted by molar-refractivity contribution is 5.82. The van der Waals surface area contributed by atoms with Crippen LogP contribution in [0.3, 0.4) is 0 Å². The van der Waals surface area contributed by atoms with Crippen LogP contribution < -0.4 is 5.73 Å². The largest absolute Gasteiger partial charge is 0.377 e. The molecule has 1 rings (SSSR count). The fraction of sp³-hybridized carbons (Fsp3) is 0.923. The molecule has 17 heavy (non-hydrogen) atoms. The second-order valence-electron chi connectivity index (χ2n) is 5.43. The summed E-state index contributed by atoms with van der Waals surface area (Å²) in [5.41, 5.74) is 5.79. The number of hydrogen-bond donors (Lipinski definition) is 1. The monoisotopic (exact) mass is 242 g/mol. The van der Waals surface area contributed by atoms with Crippen molar-refractivity contribution >= 4 is 5.91 Å². The molecule has 0 aromatic rings. The number of piperidine rings is 1. The van der Waals surface area contributed by atoms with E-state index in [1.54, 1.807) is 7.11 Å². The number of carbonyl (C=O) groups excluding carboxylic acids is 1. The number of likely N-dealkylation sites (tertiary alicyclic amines) is 1. The van der Waals surface area contributed by atoms with Crippen molar-refractivity contribution < 1.29 is 9.53 Å². The van der Waals surface area contributed by atoms with Crippen LogP contribution in [0.2, 0.25) is 0 Å². The number of hydrogen-bond acceptors (Lipinski definition) is 3. The molecule has 1 heterocycles. The zero-order valence-electron chi connectivity index (χ0n) is 11.5. The van der Waals surface area contributed by atoms with E-state index in [1.807, 2.05) is 11.8 Å². The Hall–Kier alpha value is -0.610. The molecular formula is C13H26N2O2. The molecule has 1 fully saturated rings. The highest BCUT2D eigenvalue weighted by atomic mass is 16.5. The lowest BCUT2D eigenvalue weighted by Gasteiger charge is -2.40. The number of carbonyl (C=O) groups is 1. The van der Waals surface area contributed by atoms with Crippen LogP contribution in [-0.4, -0.2) is 42.6 Å². The topological polar surface area (TPSA) is 55.6 Å². The molecule has 1 aliphatic rings. The average molecular weight is 242 g/mol. The van der Waals surface area contributed by atoms with Crippen LogP contribution in [0.15, 0.2) is 0 Å². The first-order chi connectivity index (χ1) is 7.93. The summed E-state index contributed by atoms with van der Waals surface area (Å²) in [6, 6.07) is -0.376. The summed E-state index contributed by atoms with van der Waals surface area (Å²) >= 11 is 0. The summed E-state index contributed by atoms with van der Waals surface area (Å²) < 4.78 is 5.49. The zero-order chi connectivity index (χ0) is 13.1. The van der Waals surface area contributed by atoms with Crippen LogP contribution in [0.5, 0.6) is 0 Å². The molecule has 3 unspecified atom stereocenters. The smallest absolute Gasteiger partial charge is 0.239 e. The molecule has 4 nitrogen and oxygen atoms in total. The molecule has 0 spiro atoms. The van der Waals surface area contributed by atoms with E-state index < -0.39 is 0 Å². The number of nitrogens with zero attached hydrogens (tertiary/aromatic N) is 1. The molecule has 0 aromatic carbocycles. The first-order valence-corrected chi connectivity index (χ1v) is 6.53. The van der Waals surface area contributed by atoms with Crippen molar-refractivity contribution in [3.63, 3.8) is 0 Å². The number of amides is 1. The van der Waals surface area contributed by atoms with Crippen molar-refractivity contribution in [1.82, 2.24) is 4.90 Å². The Morgan fingerprint density at radius 2 is 2.24 bits per heavy atom. The van der Waals surface area contributed by atoms with E-state index in [1.165, 1.54) is 0 Å². The van der Waals surface area contributed by atoms with Crippen molar-refractivity contribution in [3.8, 4) is 0 Å². The standard InChI is InChI=1S/C13H26N2O2/c1-5-10(2)11(14)12(16)15-8-6-7-13(3,9-15)17-4/h10-11H,5-9,14H2,1-4H3. The predicted octanol–water partition coefficient (Wildman–Crippen LogP) is 1.39. The van der Waals surface area contributed by atoms with Crippen molar-refractivity contribution in [1.29, 1.82) is 0 Å². The van der Waals surface area contributed by atoms with Crippen LogP contribution in [0.1, 0.15) is 40.0 Å². The second-order valence-corrected chi connectivity index (χ2v) is 5.43. The van der Waals surface area contributed by atoms with Crippen LogP contribution in [0.4, 0.5) is 0 Å². The second kappa shape index (κ2) is 5.83. The maximum absolute atomic E-state index is 12.2. The minimum absolute atomic E-state index is 0.0716. The van der Waals surface area contributed by atoms with Gasteiger partial charge in [-0.15, -0.1) is 0 Å². The Kier molecular flexibility index (Phi) is 4.95. The molecule has 0 bridgehead atoms. The Morgan fingerprint density at radius 1 is 1.59 bits per heavy atom. The summed E-state index contributed by atoms with van der Waals surface area (Å²) in [5.74, 6) is 0.306. The van der Waals surface area contributed by atoms with Gasteiger partial charge in [0.2, 0.25) is 5.91 Å². The third kappa shape index (κ3) is 3.42. The van der Waals surface area contributed by atoms with Gasteiger partial charge < -0.3 is 15.4 Å². The SMILES string of the molecule is CCC(C)C(N)C(=O)N1CCCC(C)(OC)C1. The van der Waals surface area contributed by atoms with Gasteiger partial charge in [0.05, 0.1) is 11.6 Å². The minimum Gasteiger partial charge on any atom is -0.377 e. The number of methoxy groups -OCH3 is 1.